The Hall–Kier alpha value is -2.15. The van der Waals surface area contributed by atoms with Crippen LogP contribution in [0.5, 0.6) is 0 Å². The summed E-state index contributed by atoms with van der Waals surface area (Å²) in [7, 11) is 3.39. The fourth-order valence-corrected chi connectivity index (χ4v) is 2.69. The smallest absolute Gasteiger partial charge is 0.335 e. The second-order valence-electron chi connectivity index (χ2n) is 5.29. The van der Waals surface area contributed by atoms with Crippen LogP contribution in [0, 0.1) is 13.8 Å². The first kappa shape index (κ1) is 16.2. The fraction of sp³-hybridized carbons (Fsp3) is 0.267. The monoisotopic (exact) mass is 365 g/mol. The van der Waals surface area contributed by atoms with Gasteiger partial charge in [-0.2, -0.15) is 0 Å². The summed E-state index contributed by atoms with van der Waals surface area (Å²) in [5, 5.41) is 2.19. The Morgan fingerprint density at radius 2 is 1.73 bits per heavy atom. The third-order valence-corrected chi connectivity index (χ3v) is 3.93. The van der Waals surface area contributed by atoms with Gasteiger partial charge in [0.1, 0.15) is 5.57 Å². The van der Waals surface area contributed by atoms with Gasteiger partial charge in [0.05, 0.1) is 5.69 Å². The molecule has 1 aromatic carbocycles. The van der Waals surface area contributed by atoms with E-state index < -0.39 is 17.8 Å². The Labute approximate surface area is 136 Å². The van der Waals surface area contributed by atoms with Crippen molar-refractivity contribution >= 4 is 39.5 Å². The molecular formula is C15H16BrN3O3. The lowest BCUT2D eigenvalue weighted by molar-refractivity contribution is -0.122. The number of carbonyl (C=O) groups is 3. The van der Waals surface area contributed by atoms with Gasteiger partial charge in [-0.15, -0.1) is 0 Å². The van der Waals surface area contributed by atoms with E-state index in [1.165, 1.54) is 6.20 Å². The first-order valence-electron chi connectivity index (χ1n) is 6.57. The van der Waals surface area contributed by atoms with Crippen LogP contribution in [-0.2, 0) is 9.59 Å². The van der Waals surface area contributed by atoms with Crippen molar-refractivity contribution in [3.05, 3.63) is 39.5 Å². The van der Waals surface area contributed by atoms with E-state index >= 15 is 0 Å². The molecule has 0 saturated carbocycles. The predicted octanol–water partition coefficient (Wildman–Crippen LogP) is 2.09. The minimum Gasteiger partial charge on any atom is -0.383 e. The molecule has 1 aliphatic rings. The third kappa shape index (κ3) is 2.89. The Kier molecular flexibility index (Phi) is 4.37. The molecule has 0 bridgehead atoms. The fourth-order valence-electron chi connectivity index (χ4n) is 2.06. The highest BCUT2D eigenvalue weighted by atomic mass is 79.9. The van der Waals surface area contributed by atoms with Gasteiger partial charge in [0.15, 0.2) is 0 Å². The van der Waals surface area contributed by atoms with Crippen LogP contribution in [0.1, 0.15) is 11.1 Å². The van der Waals surface area contributed by atoms with E-state index in [2.05, 4.69) is 21.2 Å². The molecule has 1 fully saturated rings. The van der Waals surface area contributed by atoms with Crippen LogP contribution >= 0.6 is 15.9 Å². The van der Waals surface area contributed by atoms with Crippen LogP contribution in [-0.4, -0.2) is 36.8 Å². The van der Waals surface area contributed by atoms with Crippen molar-refractivity contribution in [2.24, 2.45) is 0 Å². The highest BCUT2D eigenvalue weighted by Crippen LogP contribution is 2.31. The second-order valence-corrected chi connectivity index (χ2v) is 6.15. The Balaban J connectivity index is 2.55. The SMILES string of the molecule is Cc1cc(Br)c(N2C(=O)NC(=O)C(=CN(C)C)C2=O)cc1C. The second kappa shape index (κ2) is 5.92. The number of urea groups is 1. The molecule has 1 aliphatic heterocycles. The molecule has 0 unspecified atom stereocenters. The first-order chi connectivity index (χ1) is 10.2. The van der Waals surface area contributed by atoms with Gasteiger partial charge in [0.25, 0.3) is 11.8 Å². The normalized spacial score (nSPS) is 17.0. The molecular weight excluding hydrogens is 350 g/mol. The summed E-state index contributed by atoms with van der Waals surface area (Å²) in [4.78, 5) is 39.1. The number of nitrogens with one attached hydrogen (secondary N) is 1. The Bertz CT molecular complexity index is 710. The van der Waals surface area contributed by atoms with E-state index in [-0.39, 0.29) is 5.57 Å². The van der Waals surface area contributed by atoms with Crippen LogP contribution < -0.4 is 10.2 Å². The topological polar surface area (TPSA) is 69.7 Å². The number of anilines is 1. The molecule has 0 spiro atoms. The molecule has 0 aromatic heterocycles. The lowest BCUT2D eigenvalue weighted by atomic mass is 10.1. The average molecular weight is 366 g/mol. The maximum atomic E-state index is 12.6. The summed E-state index contributed by atoms with van der Waals surface area (Å²) < 4.78 is 0.609. The van der Waals surface area contributed by atoms with Crippen molar-refractivity contribution in [3.63, 3.8) is 0 Å². The molecule has 1 heterocycles. The molecule has 4 amide bonds. The summed E-state index contributed by atoms with van der Waals surface area (Å²) in [6, 6.07) is 2.81. The quantitative estimate of drug-likeness (QED) is 0.643. The summed E-state index contributed by atoms with van der Waals surface area (Å²) in [6.07, 6.45) is 1.39. The summed E-state index contributed by atoms with van der Waals surface area (Å²) in [5.74, 6) is -1.34. The maximum absolute atomic E-state index is 12.6. The molecule has 7 heteroatoms. The van der Waals surface area contributed by atoms with Gasteiger partial charge in [-0.25, -0.2) is 9.69 Å². The molecule has 22 heavy (non-hydrogen) atoms. The third-order valence-electron chi connectivity index (χ3n) is 3.29. The van der Waals surface area contributed by atoms with Crippen molar-refractivity contribution in [2.75, 3.05) is 19.0 Å². The van der Waals surface area contributed by atoms with Crippen molar-refractivity contribution in [1.82, 2.24) is 10.2 Å². The van der Waals surface area contributed by atoms with Crippen molar-refractivity contribution in [2.45, 2.75) is 13.8 Å². The zero-order valence-corrected chi connectivity index (χ0v) is 14.3. The lowest BCUT2D eigenvalue weighted by Gasteiger charge is -2.28. The summed E-state index contributed by atoms with van der Waals surface area (Å²) in [5.41, 5.74) is 2.28. The Morgan fingerprint density at radius 1 is 1.14 bits per heavy atom. The van der Waals surface area contributed by atoms with Gasteiger partial charge in [-0.3, -0.25) is 14.9 Å². The average Bonchev–Trinajstić information content (AvgIpc) is 2.40. The molecule has 1 saturated heterocycles. The van der Waals surface area contributed by atoms with Crippen LogP contribution in [0.2, 0.25) is 0 Å². The highest BCUT2D eigenvalue weighted by molar-refractivity contribution is 9.10. The number of amides is 4. The molecule has 0 radical (unpaired) electrons. The van der Waals surface area contributed by atoms with E-state index in [1.54, 1.807) is 25.1 Å². The largest absolute Gasteiger partial charge is 0.383 e. The first-order valence-corrected chi connectivity index (χ1v) is 7.36. The summed E-state index contributed by atoms with van der Waals surface area (Å²) in [6.45, 7) is 3.82. The number of aryl methyl sites for hydroxylation is 2. The summed E-state index contributed by atoms with van der Waals surface area (Å²) >= 11 is 3.37. The molecule has 0 aliphatic carbocycles. The van der Waals surface area contributed by atoms with Gasteiger partial charge >= 0.3 is 6.03 Å². The molecule has 116 valence electrons. The molecule has 6 nitrogen and oxygen atoms in total. The lowest BCUT2D eigenvalue weighted by Crippen LogP contribution is -2.54. The minimum atomic E-state index is -0.755. The molecule has 1 aromatic rings. The van der Waals surface area contributed by atoms with Gasteiger partial charge in [-0.1, -0.05) is 0 Å². The van der Waals surface area contributed by atoms with Gasteiger partial charge in [-0.05, 0) is 53.0 Å². The van der Waals surface area contributed by atoms with Gasteiger partial charge < -0.3 is 4.90 Å². The van der Waals surface area contributed by atoms with E-state index in [4.69, 9.17) is 0 Å². The zero-order valence-electron chi connectivity index (χ0n) is 12.7. The van der Waals surface area contributed by atoms with Crippen LogP contribution in [0.15, 0.2) is 28.4 Å². The number of hydrogen-bond acceptors (Lipinski definition) is 4. The van der Waals surface area contributed by atoms with Gasteiger partial charge in [0, 0.05) is 24.8 Å². The van der Waals surface area contributed by atoms with E-state index in [0.29, 0.717) is 10.2 Å². The zero-order chi connectivity index (χ0) is 16.6. The number of halogens is 1. The molecule has 1 N–H and O–H groups in total. The van der Waals surface area contributed by atoms with E-state index in [1.807, 2.05) is 19.9 Å². The number of rotatable bonds is 2. The highest BCUT2D eigenvalue weighted by Gasteiger charge is 2.38. The molecule has 2 rings (SSSR count). The predicted molar refractivity (Wildman–Crippen MR) is 86.4 cm³/mol. The number of hydrogen-bond donors (Lipinski definition) is 1. The van der Waals surface area contributed by atoms with Crippen LogP contribution in [0.25, 0.3) is 0 Å². The number of barbiturate groups is 1. The molecule has 0 atom stereocenters. The standard InChI is InChI=1S/C15H16BrN3O3/c1-8-5-11(16)12(6-9(8)2)19-14(21)10(7-18(3)4)13(20)17-15(19)22/h5-7H,1-4H3,(H,17,20,22). The van der Waals surface area contributed by atoms with Crippen LogP contribution in [0.4, 0.5) is 10.5 Å². The van der Waals surface area contributed by atoms with Crippen molar-refractivity contribution < 1.29 is 14.4 Å². The van der Waals surface area contributed by atoms with E-state index in [9.17, 15) is 14.4 Å². The minimum absolute atomic E-state index is 0.0882. The van der Waals surface area contributed by atoms with Crippen LogP contribution in [0.3, 0.4) is 0 Å². The number of carbonyl (C=O) groups excluding carboxylic acids is 3. The Morgan fingerprint density at radius 3 is 2.32 bits per heavy atom. The maximum Gasteiger partial charge on any atom is 0.335 e. The number of imide groups is 2. The van der Waals surface area contributed by atoms with E-state index in [0.717, 1.165) is 16.0 Å². The van der Waals surface area contributed by atoms with Crippen molar-refractivity contribution in [1.29, 1.82) is 0 Å². The number of nitrogens with zero attached hydrogens (tertiary/aromatic N) is 2. The van der Waals surface area contributed by atoms with Gasteiger partial charge in [0.2, 0.25) is 0 Å². The van der Waals surface area contributed by atoms with Crippen molar-refractivity contribution in [3.8, 4) is 0 Å². The number of benzene rings is 1.